The number of rotatable bonds is 6. The Labute approximate surface area is 237 Å². The first kappa shape index (κ1) is 29.8. The van der Waals surface area contributed by atoms with E-state index in [1.54, 1.807) is 30.9 Å². The Kier molecular flexibility index (Phi) is 9.32. The largest absolute Gasteiger partial charge is 0.466 e. The fourth-order valence-corrected chi connectivity index (χ4v) is 6.43. The lowest BCUT2D eigenvalue weighted by molar-refractivity contribution is -0.150. The van der Waals surface area contributed by atoms with Crippen LogP contribution in [0.3, 0.4) is 0 Å². The summed E-state index contributed by atoms with van der Waals surface area (Å²) in [5, 5.41) is 3.13. The molecule has 1 aliphatic heterocycles. The van der Waals surface area contributed by atoms with Crippen molar-refractivity contribution in [3.8, 4) is 0 Å². The Morgan fingerprint density at radius 1 is 1.02 bits per heavy atom. The second-order valence-corrected chi connectivity index (χ2v) is 12.4. The second-order valence-electron chi connectivity index (χ2n) is 12.4. The Balaban J connectivity index is 1.63. The molecule has 2 aromatic carbocycles. The van der Waals surface area contributed by atoms with Gasteiger partial charge in [-0.2, -0.15) is 0 Å². The molecule has 4 rings (SSSR count). The van der Waals surface area contributed by atoms with Gasteiger partial charge < -0.3 is 15.0 Å². The van der Waals surface area contributed by atoms with Crippen LogP contribution in [0.4, 0.5) is 10.1 Å². The van der Waals surface area contributed by atoms with Gasteiger partial charge in [-0.3, -0.25) is 14.4 Å². The minimum atomic E-state index is -0.541. The predicted octanol–water partition coefficient (Wildman–Crippen LogP) is 6.66. The van der Waals surface area contributed by atoms with E-state index >= 15 is 0 Å². The van der Waals surface area contributed by atoms with Gasteiger partial charge in [0.25, 0.3) is 5.91 Å². The molecule has 6 nitrogen and oxygen atoms in total. The highest BCUT2D eigenvalue weighted by Gasteiger charge is 2.45. The minimum Gasteiger partial charge on any atom is -0.466 e. The third kappa shape index (κ3) is 6.56. The van der Waals surface area contributed by atoms with E-state index in [9.17, 15) is 18.8 Å². The molecule has 0 spiro atoms. The molecule has 7 heteroatoms. The Morgan fingerprint density at radius 2 is 1.73 bits per heavy atom. The molecule has 0 aromatic heterocycles. The maximum absolute atomic E-state index is 14.9. The number of amides is 2. The number of halogens is 1. The van der Waals surface area contributed by atoms with Gasteiger partial charge in [-0.05, 0) is 93.0 Å². The summed E-state index contributed by atoms with van der Waals surface area (Å²) in [7, 11) is 0. The molecule has 2 amide bonds. The summed E-state index contributed by atoms with van der Waals surface area (Å²) in [5.74, 6) is -1.77. The van der Waals surface area contributed by atoms with E-state index in [1.807, 2.05) is 18.2 Å². The fraction of sp³-hybridized carbons (Fsp3) is 0.545. The van der Waals surface area contributed by atoms with Gasteiger partial charge in [0.2, 0.25) is 5.91 Å². The van der Waals surface area contributed by atoms with E-state index in [1.165, 1.54) is 6.07 Å². The predicted molar refractivity (Wildman–Crippen MR) is 155 cm³/mol. The molecule has 1 saturated heterocycles. The van der Waals surface area contributed by atoms with E-state index in [4.69, 9.17) is 4.74 Å². The van der Waals surface area contributed by atoms with Crippen LogP contribution in [-0.2, 0) is 19.7 Å². The van der Waals surface area contributed by atoms with Crippen LogP contribution in [0.15, 0.2) is 42.5 Å². The second kappa shape index (κ2) is 12.5. The summed E-state index contributed by atoms with van der Waals surface area (Å²) in [4.78, 5) is 41.9. The van der Waals surface area contributed by atoms with Crippen molar-refractivity contribution >= 4 is 23.5 Å². The van der Waals surface area contributed by atoms with Gasteiger partial charge in [-0.1, -0.05) is 45.0 Å². The number of carbonyl (C=O) groups excluding carboxylic acids is 3. The molecule has 1 heterocycles. The zero-order chi connectivity index (χ0) is 29.0. The number of carbonyl (C=O) groups is 3. The van der Waals surface area contributed by atoms with Gasteiger partial charge in [-0.25, -0.2) is 4.39 Å². The Hall–Kier alpha value is -3.22. The first-order valence-electron chi connectivity index (χ1n) is 14.6. The van der Waals surface area contributed by atoms with E-state index in [-0.39, 0.29) is 46.6 Å². The summed E-state index contributed by atoms with van der Waals surface area (Å²) >= 11 is 0. The molecule has 0 radical (unpaired) electrons. The molecule has 1 unspecified atom stereocenters. The van der Waals surface area contributed by atoms with Crippen LogP contribution in [0.1, 0.15) is 87.7 Å². The summed E-state index contributed by atoms with van der Waals surface area (Å²) in [6.07, 6.45) is 4.03. The molecule has 2 aromatic rings. The highest BCUT2D eigenvalue weighted by molar-refractivity contribution is 5.98. The number of likely N-dealkylation sites (tertiary alicyclic amines) is 1. The number of nitrogens with one attached hydrogen (secondary N) is 1. The molecule has 1 N–H and O–H groups in total. The number of benzene rings is 2. The third-order valence-corrected chi connectivity index (χ3v) is 8.59. The lowest BCUT2D eigenvalue weighted by Gasteiger charge is -2.46. The number of aryl methyl sites for hydroxylation is 1. The third-order valence-electron chi connectivity index (χ3n) is 8.59. The molecule has 0 bridgehead atoms. The van der Waals surface area contributed by atoms with Crippen molar-refractivity contribution < 1.29 is 23.5 Å². The van der Waals surface area contributed by atoms with E-state index in [2.05, 4.69) is 32.2 Å². The number of nitrogens with zero attached hydrogens (tertiary/aromatic N) is 1. The highest BCUT2D eigenvalue weighted by atomic mass is 19.1. The van der Waals surface area contributed by atoms with E-state index in [0.29, 0.717) is 57.2 Å². The van der Waals surface area contributed by atoms with Gasteiger partial charge in [0.15, 0.2) is 0 Å². The van der Waals surface area contributed by atoms with Gasteiger partial charge in [0.1, 0.15) is 5.82 Å². The number of esters is 1. The molecule has 1 saturated carbocycles. The maximum atomic E-state index is 14.9. The van der Waals surface area contributed by atoms with Crippen molar-refractivity contribution in [3.05, 3.63) is 65.0 Å². The lowest BCUT2D eigenvalue weighted by Crippen LogP contribution is -2.56. The smallest absolute Gasteiger partial charge is 0.308 e. The number of hydrogen-bond acceptors (Lipinski definition) is 4. The monoisotopic (exact) mass is 550 g/mol. The minimum absolute atomic E-state index is 0.0265. The van der Waals surface area contributed by atoms with Crippen LogP contribution in [-0.4, -0.2) is 41.9 Å². The quantitative estimate of drug-likeness (QED) is 0.408. The fourth-order valence-electron chi connectivity index (χ4n) is 6.43. The average Bonchev–Trinajstić information content (AvgIpc) is 2.92. The normalized spacial score (nSPS) is 23.4. The van der Waals surface area contributed by atoms with Crippen LogP contribution in [0, 0.1) is 30.5 Å². The first-order valence-corrected chi connectivity index (χ1v) is 14.6. The van der Waals surface area contributed by atoms with Crippen LogP contribution in [0.2, 0.25) is 0 Å². The van der Waals surface area contributed by atoms with Gasteiger partial charge >= 0.3 is 5.97 Å². The van der Waals surface area contributed by atoms with Crippen molar-refractivity contribution in [2.75, 3.05) is 18.5 Å². The van der Waals surface area contributed by atoms with Gasteiger partial charge in [-0.15, -0.1) is 0 Å². The number of anilines is 1. The molecular weight excluding hydrogens is 507 g/mol. The van der Waals surface area contributed by atoms with Crippen LogP contribution in [0.25, 0.3) is 0 Å². The molecule has 40 heavy (non-hydrogen) atoms. The summed E-state index contributed by atoms with van der Waals surface area (Å²) in [6.45, 7) is 10.8. The van der Waals surface area contributed by atoms with Gasteiger partial charge in [0, 0.05) is 18.3 Å². The summed E-state index contributed by atoms with van der Waals surface area (Å²) < 4.78 is 20.2. The number of hydrogen-bond donors (Lipinski definition) is 1. The average molecular weight is 551 g/mol. The summed E-state index contributed by atoms with van der Waals surface area (Å²) in [5.41, 5.74) is 2.45. The molecule has 1 aliphatic carbocycles. The van der Waals surface area contributed by atoms with E-state index in [0.717, 1.165) is 11.3 Å². The maximum Gasteiger partial charge on any atom is 0.308 e. The molecule has 216 valence electrons. The van der Waals surface area contributed by atoms with E-state index < -0.39 is 11.7 Å². The number of ether oxygens (including phenoxy) is 1. The van der Waals surface area contributed by atoms with Crippen LogP contribution >= 0.6 is 0 Å². The van der Waals surface area contributed by atoms with Crippen molar-refractivity contribution in [2.24, 2.45) is 17.8 Å². The molecule has 2 fully saturated rings. The zero-order valence-electron chi connectivity index (χ0n) is 24.5. The number of piperidine rings is 1. The van der Waals surface area contributed by atoms with Crippen LogP contribution in [0.5, 0.6) is 0 Å². The van der Waals surface area contributed by atoms with Crippen LogP contribution < -0.4 is 5.32 Å². The zero-order valence-corrected chi connectivity index (χ0v) is 24.5. The highest BCUT2D eigenvalue weighted by Crippen LogP contribution is 2.40. The Bertz CT molecular complexity index is 1210. The lowest BCUT2D eigenvalue weighted by atomic mass is 9.71. The van der Waals surface area contributed by atoms with Crippen molar-refractivity contribution in [3.63, 3.8) is 0 Å². The molecular formula is C33H43FN2O4. The Morgan fingerprint density at radius 3 is 2.38 bits per heavy atom. The standard InChI is InChI=1S/C33H43FN2O4/c1-6-40-32(39)23-17-15-22(16-18-23)29-26(30(37)35-25-12-8-11-24(20-25)33(3,4)5)13-9-19-36(29)31(38)28-21(2)10-7-14-27(28)34/h7-8,10-12,14,20,22-23,26,29H,6,9,13,15-19H2,1-5H3,(H,35,37)/t22?,23?,26?,29-/m0/s1. The SMILES string of the molecule is CCOC(=O)C1CCC([C@H]2C(C(=O)Nc3cccc(C(C)(C)C)c3)CCCN2C(=O)c2c(C)cccc2F)CC1. The molecule has 2 aliphatic rings. The van der Waals surface area contributed by atoms with Crippen molar-refractivity contribution in [1.82, 2.24) is 4.90 Å². The topological polar surface area (TPSA) is 75.7 Å². The van der Waals surface area contributed by atoms with Crippen molar-refractivity contribution in [1.29, 1.82) is 0 Å². The summed E-state index contributed by atoms with van der Waals surface area (Å²) in [6, 6.07) is 12.2. The van der Waals surface area contributed by atoms with Gasteiger partial charge in [0.05, 0.1) is 24.0 Å². The first-order chi connectivity index (χ1) is 19.0. The van der Waals surface area contributed by atoms with Crippen molar-refractivity contribution in [2.45, 2.75) is 84.6 Å². The molecule has 2 atom stereocenters.